The molecule has 14 amide bonds. The normalized spacial score (nSPS) is 14.6. The maximum Gasteiger partial charge on any atom is 0.326 e. The van der Waals surface area contributed by atoms with Crippen molar-refractivity contribution >= 4 is 119 Å². The van der Waals surface area contributed by atoms with Crippen molar-refractivity contribution in [2.24, 2.45) is 34.6 Å². The molecule has 0 saturated carbocycles. The van der Waals surface area contributed by atoms with Gasteiger partial charge in [-0.15, -0.1) is 0 Å². The van der Waals surface area contributed by atoms with Gasteiger partial charge in [-0.3, -0.25) is 91.1 Å². The fourth-order valence-electron chi connectivity index (χ4n) is 12.5. The third-order valence-corrected chi connectivity index (χ3v) is 20.0. The van der Waals surface area contributed by atoms with Crippen molar-refractivity contribution in [3.8, 4) is 5.75 Å². The van der Waals surface area contributed by atoms with E-state index in [9.17, 15) is 132 Å². The van der Waals surface area contributed by atoms with E-state index in [1.165, 1.54) is 57.2 Å². The molecule has 2 rings (SSSR count). The minimum absolute atomic E-state index is 0.0270. The fraction of sp³-hybridized carbons (Fsp3) is 0.605. The van der Waals surface area contributed by atoms with E-state index in [1.54, 1.807) is 25.1 Å². The van der Waals surface area contributed by atoms with E-state index < -0.39 is 293 Å². The third kappa shape index (κ3) is 44.7. The van der Waals surface area contributed by atoms with Crippen LogP contribution in [0.25, 0.3) is 0 Å². The van der Waals surface area contributed by atoms with Gasteiger partial charge in [-0.1, -0.05) is 62.7 Å². The zero-order valence-electron chi connectivity index (χ0n) is 71.8. The van der Waals surface area contributed by atoms with Crippen LogP contribution in [0.15, 0.2) is 54.6 Å². The molecule has 0 aliphatic heterocycles. The predicted octanol–water partition coefficient (Wildman–Crippen LogP) is -5.07. The van der Waals surface area contributed by atoms with Gasteiger partial charge < -0.3 is 139 Å². The van der Waals surface area contributed by atoms with Crippen LogP contribution in [-0.2, 0) is 109 Å². The SMILES string of the molecule is CC[C@H](C)[C@H](NC(=O)[C@H](CCC(=O)O)NC(=O)[C@H](CCC(=O)O)NC(=O)[C@H](CCC(=O)O)NC(=O)[C@H](C)N)C(=O)N[C@@H](Cc1ccc(O)cc1)C(=O)NCC(=O)N[C@@H](CCC(=O)O)C(=O)N[C@@H](Cc1ccccc1)C(=O)N[C@@H](CCC(=O)O)C(=O)N[C@@H](C)C(=O)N[C@@H](CCCCN)C(=O)N[C@@H](CCCCN)C(=O)N[C@@H](CCCCN)C(=O)N[C@@H](CCCCN)C(=O)O. The summed E-state index contributed by atoms with van der Waals surface area (Å²) in [6.07, 6.45) is -5.05. The van der Waals surface area contributed by atoms with Gasteiger partial charge in [0.05, 0.1) is 12.6 Å². The number of amides is 14. The van der Waals surface area contributed by atoms with Crippen LogP contribution in [-0.4, -0.2) is 272 Å². The lowest BCUT2D eigenvalue weighted by Gasteiger charge is -2.29. The van der Waals surface area contributed by atoms with Crippen molar-refractivity contribution in [1.29, 1.82) is 0 Å². The van der Waals surface area contributed by atoms with Gasteiger partial charge in [-0.25, -0.2) is 4.79 Å². The molecule has 2 aromatic rings. The average Bonchev–Trinajstić information content (AvgIpc) is 0.849. The molecule has 0 aromatic heterocycles. The highest BCUT2D eigenvalue weighted by Crippen LogP contribution is 2.18. The van der Waals surface area contributed by atoms with Crippen LogP contribution in [0.4, 0.5) is 0 Å². The number of aliphatic carboxylic acids is 6. The summed E-state index contributed by atoms with van der Waals surface area (Å²) in [6, 6.07) is -9.39. The van der Waals surface area contributed by atoms with Crippen molar-refractivity contribution in [3.05, 3.63) is 65.7 Å². The smallest absolute Gasteiger partial charge is 0.326 e. The minimum Gasteiger partial charge on any atom is -0.508 e. The number of nitrogens with one attached hydrogen (secondary N) is 14. The Labute approximate surface area is 733 Å². The first kappa shape index (κ1) is 111. The Hall–Kier alpha value is -12.6. The van der Waals surface area contributed by atoms with Crippen LogP contribution < -0.4 is 103 Å². The molecule has 0 saturated heterocycles. The Kier molecular flexibility index (Phi) is 52.3. The number of hydrogen-bond acceptors (Lipinski definition) is 26. The Morgan fingerprint density at radius 2 is 0.591 bits per heavy atom. The number of carbonyl (C=O) groups is 20. The number of nitrogens with two attached hydrogens (primary N) is 5. The molecule has 15 atom stereocenters. The lowest BCUT2D eigenvalue weighted by Crippen LogP contribution is -2.61. The Morgan fingerprint density at radius 1 is 0.307 bits per heavy atom. The molecule has 0 heterocycles. The van der Waals surface area contributed by atoms with Gasteiger partial charge in [0.1, 0.15) is 84.3 Å². The van der Waals surface area contributed by atoms with E-state index in [-0.39, 0.29) is 82.4 Å². The summed E-state index contributed by atoms with van der Waals surface area (Å²) >= 11 is 0. The summed E-state index contributed by atoms with van der Waals surface area (Å²) in [5.41, 5.74) is 29.1. The largest absolute Gasteiger partial charge is 0.508 e. The average molecular weight is 1800 g/mol. The molecule has 0 radical (unpaired) electrons. The van der Waals surface area contributed by atoms with Gasteiger partial charge in [-0.2, -0.15) is 0 Å². The Morgan fingerprint density at radius 3 is 0.937 bits per heavy atom. The monoisotopic (exact) mass is 1800 g/mol. The van der Waals surface area contributed by atoms with Gasteiger partial charge in [0, 0.05) is 44.9 Å². The van der Waals surface area contributed by atoms with E-state index in [2.05, 4.69) is 74.4 Å². The molecule has 46 heteroatoms. The number of aromatic hydroxyl groups is 1. The third-order valence-electron chi connectivity index (χ3n) is 20.0. The summed E-state index contributed by atoms with van der Waals surface area (Å²) in [7, 11) is 0. The zero-order chi connectivity index (χ0) is 95.4. The maximum atomic E-state index is 14.7. The number of rotatable bonds is 66. The van der Waals surface area contributed by atoms with Crippen molar-refractivity contribution < 1.29 is 132 Å². The molecule has 0 unspecified atom stereocenters. The van der Waals surface area contributed by atoms with Gasteiger partial charge in [-0.05, 0) is 178 Å². The first-order valence-corrected chi connectivity index (χ1v) is 42.0. The number of carbonyl (C=O) groups excluding carboxylic acids is 14. The summed E-state index contributed by atoms with van der Waals surface area (Å²) in [5, 5.41) is 102. The Bertz CT molecular complexity index is 3990. The molecule has 708 valence electrons. The molecule has 0 aliphatic rings. The maximum absolute atomic E-state index is 14.7. The molecule has 46 nitrogen and oxygen atoms in total. The van der Waals surface area contributed by atoms with Crippen molar-refractivity contribution in [3.63, 3.8) is 0 Å². The quantitative estimate of drug-likeness (QED) is 0.0276. The second-order valence-electron chi connectivity index (χ2n) is 30.5. The van der Waals surface area contributed by atoms with E-state index in [4.69, 9.17) is 28.7 Å². The lowest BCUT2D eigenvalue weighted by atomic mass is 9.96. The van der Waals surface area contributed by atoms with Gasteiger partial charge in [0.15, 0.2) is 0 Å². The van der Waals surface area contributed by atoms with Crippen LogP contribution >= 0.6 is 0 Å². The number of carboxylic acid groups (broad SMARTS) is 6. The predicted molar refractivity (Wildman–Crippen MR) is 452 cm³/mol. The second-order valence-corrected chi connectivity index (χ2v) is 30.5. The van der Waals surface area contributed by atoms with Crippen molar-refractivity contribution in [2.45, 2.75) is 273 Å². The standard InChI is InChI=1S/C81H127N19O27/c1-5-44(2)67(100-78(123)57(31-36-66(111)112)95-77(122)56(30-35-65(109)110)94-76(121)55(29-34-64(107)108)90-68(113)45(3)86)80(125)99-59(42-48-23-25-49(101)26-24-48)70(115)87-43-61(102)89-53(27-32-62(103)104)75(120)98-60(41-47-17-7-6-8-18-47)79(124)96-54(28-33-63(105)106)71(116)88-46(4)69(114)91-50(19-9-13-37-82)72(117)92-51(20-10-14-38-83)73(118)93-52(21-11-15-39-84)74(119)97-58(81(126)127)22-12-16-40-85/h6-8,17-18,23-26,44-46,50-60,67,101H,5,9-16,19-22,27-43,82-86H2,1-4H3,(H,87,115)(H,88,116)(H,89,102)(H,90,113)(H,91,114)(H,92,117)(H,93,118)(H,94,121)(H,95,122)(H,96,124)(H,97,119)(H,98,120)(H,99,125)(H,100,123)(H,103,104)(H,105,106)(H,107,108)(H,109,110)(H,111,112)(H,126,127)/t44-,45-,46-,50-,51-,52-,53-,54-,55-,56-,57-,58-,59-,60-,67-/m0/s1. The van der Waals surface area contributed by atoms with Crippen LogP contribution in [0.1, 0.15) is 187 Å². The number of phenols is 1. The van der Waals surface area contributed by atoms with Gasteiger partial charge in [0.25, 0.3) is 0 Å². The molecule has 0 spiro atoms. The summed E-state index contributed by atoms with van der Waals surface area (Å²) in [4.78, 5) is 269. The van der Waals surface area contributed by atoms with Crippen LogP contribution in [0.5, 0.6) is 5.75 Å². The number of carboxylic acids is 6. The van der Waals surface area contributed by atoms with E-state index in [0.29, 0.717) is 44.1 Å². The minimum atomic E-state index is -1.88. The van der Waals surface area contributed by atoms with Crippen molar-refractivity contribution in [2.75, 3.05) is 32.7 Å². The summed E-state index contributed by atoms with van der Waals surface area (Å²) < 4.78 is 0. The molecule has 0 aliphatic carbocycles. The van der Waals surface area contributed by atoms with E-state index in [1.807, 2.05) is 0 Å². The second kappa shape index (κ2) is 60.1. The van der Waals surface area contributed by atoms with Crippen LogP contribution in [0, 0.1) is 5.92 Å². The molecule has 2 aromatic carbocycles. The highest BCUT2D eigenvalue weighted by molar-refractivity contribution is 6.01. The Balaban J connectivity index is 2.56. The molecular formula is C81H127N19O27. The highest BCUT2D eigenvalue weighted by Gasteiger charge is 2.39. The highest BCUT2D eigenvalue weighted by atomic mass is 16.4. The first-order valence-electron chi connectivity index (χ1n) is 42.0. The first-order chi connectivity index (χ1) is 60.1. The fourth-order valence-corrected chi connectivity index (χ4v) is 12.5. The van der Waals surface area contributed by atoms with Crippen LogP contribution in [0.2, 0.25) is 0 Å². The van der Waals surface area contributed by atoms with Gasteiger partial charge in [0.2, 0.25) is 82.7 Å². The lowest BCUT2D eigenvalue weighted by molar-refractivity contribution is -0.142. The topological polar surface area (TPSA) is 782 Å². The molecule has 0 bridgehead atoms. The van der Waals surface area contributed by atoms with Crippen LogP contribution in [0.3, 0.4) is 0 Å². The van der Waals surface area contributed by atoms with Gasteiger partial charge >= 0.3 is 35.8 Å². The van der Waals surface area contributed by atoms with E-state index >= 15 is 0 Å². The number of benzene rings is 2. The van der Waals surface area contributed by atoms with Crippen molar-refractivity contribution in [1.82, 2.24) is 74.4 Å². The molecular weight excluding hydrogens is 1670 g/mol. The molecule has 0 fully saturated rings. The molecule has 31 N–H and O–H groups in total. The molecule has 127 heavy (non-hydrogen) atoms. The number of hydrogen-bond donors (Lipinski definition) is 26. The zero-order valence-corrected chi connectivity index (χ0v) is 71.8. The summed E-state index contributed by atoms with van der Waals surface area (Å²) in [5.74, 6) is -24.8. The number of unbranched alkanes of at least 4 members (excludes halogenated alkanes) is 4. The van der Waals surface area contributed by atoms with E-state index in [0.717, 1.165) is 0 Å². The number of phenolic OH excluding ortho intramolecular Hbond substituents is 1. The summed E-state index contributed by atoms with van der Waals surface area (Å²) in [6.45, 7) is 5.33.